The highest BCUT2D eigenvalue weighted by atomic mass is 32.1. The lowest BCUT2D eigenvalue weighted by Crippen LogP contribution is -2.16. The first-order chi connectivity index (χ1) is 9.94. The van der Waals surface area contributed by atoms with Crippen molar-refractivity contribution in [3.63, 3.8) is 0 Å². The van der Waals surface area contributed by atoms with Crippen LogP contribution in [0.3, 0.4) is 0 Å². The Balaban J connectivity index is 1.87. The number of halogens is 3. The third-order valence-electron chi connectivity index (χ3n) is 2.76. The van der Waals surface area contributed by atoms with E-state index < -0.39 is 12.8 Å². The molecule has 0 unspecified atom stereocenters. The van der Waals surface area contributed by atoms with Crippen molar-refractivity contribution < 1.29 is 17.9 Å². The van der Waals surface area contributed by atoms with E-state index >= 15 is 0 Å². The topological polar surface area (TPSA) is 34.2 Å². The Morgan fingerprint density at radius 3 is 2.81 bits per heavy atom. The number of nitrogens with one attached hydrogen (secondary N) is 1. The Kier molecular flexibility index (Phi) is 5.19. The van der Waals surface area contributed by atoms with Gasteiger partial charge >= 0.3 is 6.18 Å². The normalized spacial score (nSPS) is 11.6. The molecule has 0 aliphatic heterocycles. The summed E-state index contributed by atoms with van der Waals surface area (Å²) in [5.41, 5.74) is 4.31. The smallest absolute Gasteiger partial charge is 0.380 e. The first kappa shape index (κ1) is 15.8. The summed E-state index contributed by atoms with van der Waals surface area (Å²) in [6.45, 7) is 1.29. The number of hydrogen-bond donors (Lipinski definition) is 1. The number of alkyl halides is 3. The molecule has 0 amide bonds. The summed E-state index contributed by atoms with van der Waals surface area (Å²) in [5.74, 6) is 0. The monoisotopic (exact) mass is 316 g/mol. The Bertz CT molecular complexity index is 584. The van der Waals surface area contributed by atoms with Crippen molar-refractivity contribution >= 4 is 17.0 Å². The molecule has 1 aromatic carbocycles. The summed E-state index contributed by atoms with van der Waals surface area (Å²) < 4.78 is 40.7. The van der Waals surface area contributed by atoms with Crippen LogP contribution in [0, 0.1) is 6.92 Å². The summed E-state index contributed by atoms with van der Waals surface area (Å²) in [6.07, 6.45) is -4.29. The van der Waals surface area contributed by atoms with Crippen LogP contribution >= 0.6 is 11.3 Å². The highest BCUT2D eigenvalue weighted by Gasteiger charge is 2.27. The Labute approximate surface area is 124 Å². The van der Waals surface area contributed by atoms with E-state index in [9.17, 15) is 13.2 Å². The molecule has 0 atom stereocenters. The fourth-order valence-corrected chi connectivity index (χ4v) is 2.45. The summed E-state index contributed by atoms with van der Waals surface area (Å²) in [4.78, 5) is 5.30. The van der Waals surface area contributed by atoms with Gasteiger partial charge in [-0.05, 0) is 24.6 Å². The van der Waals surface area contributed by atoms with Crippen LogP contribution in [-0.4, -0.2) is 17.8 Å². The molecule has 0 bridgehead atoms. The fourth-order valence-electron chi connectivity index (χ4n) is 1.73. The van der Waals surface area contributed by atoms with Gasteiger partial charge in [0.05, 0.1) is 24.4 Å². The van der Waals surface area contributed by atoms with Gasteiger partial charge in [-0.3, -0.25) is 0 Å². The van der Waals surface area contributed by atoms with E-state index in [0.29, 0.717) is 12.1 Å². The van der Waals surface area contributed by atoms with Gasteiger partial charge in [-0.25, -0.2) is 4.98 Å². The summed E-state index contributed by atoms with van der Waals surface area (Å²) in [5, 5.41) is 3.23. The molecule has 2 aromatic rings. The second-order valence-corrected chi connectivity index (χ2v) is 5.46. The van der Waals surface area contributed by atoms with Gasteiger partial charge in [-0.2, -0.15) is 13.2 Å². The van der Waals surface area contributed by atoms with Crippen molar-refractivity contribution in [2.45, 2.75) is 26.3 Å². The van der Waals surface area contributed by atoms with Gasteiger partial charge in [-0.1, -0.05) is 12.1 Å². The molecule has 2 rings (SSSR count). The zero-order valence-electron chi connectivity index (χ0n) is 11.4. The van der Waals surface area contributed by atoms with E-state index in [0.717, 1.165) is 16.3 Å². The third-order valence-corrected chi connectivity index (χ3v) is 3.69. The van der Waals surface area contributed by atoms with Gasteiger partial charge in [0.15, 0.2) is 0 Å². The van der Waals surface area contributed by atoms with E-state index in [1.807, 2.05) is 13.0 Å². The number of aryl methyl sites for hydroxylation is 1. The molecule has 21 heavy (non-hydrogen) atoms. The van der Waals surface area contributed by atoms with Crippen molar-refractivity contribution in [2.24, 2.45) is 0 Å². The van der Waals surface area contributed by atoms with E-state index in [2.05, 4.69) is 15.0 Å². The standard InChI is InChI=1S/C14H15F3N2OS/c1-10-13(21-9-19-10)6-18-12-4-2-3-11(5-12)7-20-8-14(15,16)17/h2-5,9,18H,6-8H2,1H3. The van der Waals surface area contributed by atoms with Crippen LogP contribution in [0.4, 0.5) is 18.9 Å². The van der Waals surface area contributed by atoms with Gasteiger partial charge in [-0.15, -0.1) is 11.3 Å². The molecule has 0 spiro atoms. The van der Waals surface area contributed by atoms with Crippen LogP contribution in [-0.2, 0) is 17.9 Å². The molecular formula is C14H15F3N2OS. The second kappa shape index (κ2) is 6.91. The van der Waals surface area contributed by atoms with Crippen molar-refractivity contribution in [3.05, 3.63) is 45.9 Å². The quantitative estimate of drug-likeness (QED) is 0.869. The lowest BCUT2D eigenvalue weighted by molar-refractivity contribution is -0.176. The van der Waals surface area contributed by atoms with Crippen LogP contribution in [0.25, 0.3) is 0 Å². The molecule has 3 nitrogen and oxygen atoms in total. The van der Waals surface area contributed by atoms with Gasteiger partial charge in [0.25, 0.3) is 0 Å². The number of benzene rings is 1. The maximum atomic E-state index is 12.0. The maximum absolute atomic E-state index is 12.0. The van der Waals surface area contributed by atoms with Gasteiger partial charge < -0.3 is 10.1 Å². The van der Waals surface area contributed by atoms with Crippen molar-refractivity contribution in [2.75, 3.05) is 11.9 Å². The van der Waals surface area contributed by atoms with Crippen LogP contribution in [0.5, 0.6) is 0 Å². The lowest BCUT2D eigenvalue weighted by Gasteiger charge is -2.10. The molecule has 1 aromatic heterocycles. The maximum Gasteiger partial charge on any atom is 0.411 e. The Morgan fingerprint density at radius 1 is 1.33 bits per heavy atom. The molecule has 0 saturated carbocycles. The molecule has 7 heteroatoms. The van der Waals surface area contributed by atoms with E-state index in [1.54, 1.807) is 35.0 Å². The number of aromatic nitrogens is 1. The average Bonchev–Trinajstić information content (AvgIpc) is 2.81. The highest BCUT2D eigenvalue weighted by Crippen LogP contribution is 2.18. The molecule has 114 valence electrons. The second-order valence-electron chi connectivity index (χ2n) is 4.52. The first-order valence-electron chi connectivity index (χ1n) is 6.30. The number of anilines is 1. The fraction of sp³-hybridized carbons (Fsp3) is 0.357. The molecule has 0 aliphatic rings. The van der Waals surface area contributed by atoms with Crippen molar-refractivity contribution in [1.29, 1.82) is 0 Å². The largest absolute Gasteiger partial charge is 0.411 e. The number of ether oxygens (including phenoxy) is 1. The number of hydrogen-bond acceptors (Lipinski definition) is 4. The van der Waals surface area contributed by atoms with Crippen LogP contribution < -0.4 is 5.32 Å². The zero-order chi connectivity index (χ0) is 15.3. The Morgan fingerprint density at radius 2 is 2.14 bits per heavy atom. The number of thiazole rings is 1. The first-order valence-corrected chi connectivity index (χ1v) is 7.18. The minimum absolute atomic E-state index is 0.0609. The summed E-state index contributed by atoms with van der Waals surface area (Å²) >= 11 is 1.57. The molecule has 0 aliphatic carbocycles. The minimum atomic E-state index is -4.29. The minimum Gasteiger partial charge on any atom is -0.380 e. The van der Waals surface area contributed by atoms with Crippen LogP contribution in [0.2, 0.25) is 0 Å². The third kappa shape index (κ3) is 5.35. The van der Waals surface area contributed by atoms with E-state index in [1.165, 1.54) is 0 Å². The van der Waals surface area contributed by atoms with Crippen LogP contribution in [0.1, 0.15) is 16.1 Å². The zero-order valence-corrected chi connectivity index (χ0v) is 12.2. The van der Waals surface area contributed by atoms with Crippen molar-refractivity contribution in [1.82, 2.24) is 4.98 Å². The lowest BCUT2D eigenvalue weighted by atomic mass is 10.2. The van der Waals surface area contributed by atoms with E-state index in [4.69, 9.17) is 0 Å². The molecular weight excluding hydrogens is 301 g/mol. The molecule has 1 heterocycles. The predicted octanol–water partition coefficient (Wildman–Crippen LogP) is 4.14. The van der Waals surface area contributed by atoms with Gasteiger partial charge in [0, 0.05) is 10.6 Å². The van der Waals surface area contributed by atoms with Crippen LogP contribution in [0.15, 0.2) is 29.8 Å². The molecule has 0 radical (unpaired) electrons. The SMILES string of the molecule is Cc1ncsc1CNc1cccc(COCC(F)(F)F)c1. The highest BCUT2D eigenvalue weighted by molar-refractivity contribution is 7.09. The number of rotatable bonds is 6. The predicted molar refractivity (Wildman–Crippen MR) is 76.3 cm³/mol. The number of nitrogens with zero attached hydrogens (tertiary/aromatic N) is 1. The summed E-state index contributed by atoms with van der Waals surface area (Å²) in [6, 6.07) is 7.17. The molecule has 1 N–H and O–H groups in total. The van der Waals surface area contributed by atoms with Gasteiger partial charge in [0.1, 0.15) is 6.61 Å². The summed E-state index contributed by atoms with van der Waals surface area (Å²) in [7, 11) is 0. The van der Waals surface area contributed by atoms with Crippen molar-refractivity contribution in [3.8, 4) is 0 Å². The molecule has 0 fully saturated rings. The average molecular weight is 316 g/mol. The van der Waals surface area contributed by atoms with Gasteiger partial charge in [0.2, 0.25) is 0 Å². The molecule has 0 saturated heterocycles. The van der Waals surface area contributed by atoms with E-state index in [-0.39, 0.29) is 6.61 Å². The Hall–Kier alpha value is -1.60.